The van der Waals surface area contributed by atoms with E-state index in [9.17, 15) is 9.90 Å². The molecule has 0 aliphatic carbocycles. The monoisotopic (exact) mass is 298 g/mol. The van der Waals surface area contributed by atoms with E-state index in [1.807, 2.05) is 31.7 Å². The van der Waals surface area contributed by atoms with Gasteiger partial charge in [-0.25, -0.2) is 0 Å². The summed E-state index contributed by atoms with van der Waals surface area (Å²) < 4.78 is 0. The number of aliphatic hydroxyl groups excluding tert-OH is 1. The van der Waals surface area contributed by atoms with Gasteiger partial charge in [-0.3, -0.25) is 9.69 Å². The summed E-state index contributed by atoms with van der Waals surface area (Å²) in [5.41, 5.74) is 1.69. The van der Waals surface area contributed by atoms with E-state index in [0.29, 0.717) is 11.6 Å². The molecule has 0 radical (unpaired) electrons. The van der Waals surface area contributed by atoms with Gasteiger partial charge in [-0.2, -0.15) is 0 Å². The number of hydrogen-bond acceptors (Lipinski definition) is 3. The number of anilines is 1. The summed E-state index contributed by atoms with van der Waals surface area (Å²) in [6, 6.07) is 5.59. The molecule has 0 bridgehead atoms. The van der Waals surface area contributed by atoms with E-state index in [2.05, 4.69) is 5.32 Å². The number of carbonyl (C=O) groups excluding carboxylic acids is 1. The van der Waals surface area contributed by atoms with Gasteiger partial charge in [-0.15, -0.1) is 0 Å². The van der Waals surface area contributed by atoms with E-state index in [-0.39, 0.29) is 18.5 Å². The molecular weight excluding hydrogens is 276 g/mol. The molecule has 1 aromatic carbocycles. The molecule has 20 heavy (non-hydrogen) atoms. The first-order chi connectivity index (χ1) is 9.29. The lowest BCUT2D eigenvalue weighted by Gasteiger charge is -2.27. The van der Waals surface area contributed by atoms with E-state index in [1.54, 1.807) is 19.1 Å². The third-order valence-corrected chi connectivity index (χ3v) is 3.28. The summed E-state index contributed by atoms with van der Waals surface area (Å²) in [5, 5.41) is 12.9. The zero-order valence-corrected chi connectivity index (χ0v) is 13.2. The SMILES string of the molecule is Cc1ccc(Cl)cc1NC(=O)CN(CC(C)O)C(C)C. The number of nitrogens with one attached hydrogen (secondary N) is 1. The molecule has 1 unspecified atom stereocenters. The molecular formula is C15H23ClN2O2. The van der Waals surface area contributed by atoms with Crippen molar-refractivity contribution < 1.29 is 9.90 Å². The number of aryl methyl sites for hydroxylation is 1. The second-order valence-electron chi connectivity index (χ2n) is 5.38. The van der Waals surface area contributed by atoms with Gasteiger partial charge in [0.25, 0.3) is 0 Å². The lowest BCUT2D eigenvalue weighted by Crippen LogP contribution is -2.41. The first-order valence-corrected chi connectivity index (χ1v) is 7.15. The van der Waals surface area contributed by atoms with Crippen molar-refractivity contribution >= 4 is 23.2 Å². The van der Waals surface area contributed by atoms with Crippen LogP contribution in [0.3, 0.4) is 0 Å². The maximum Gasteiger partial charge on any atom is 0.238 e. The van der Waals surface area contributed by atoms with Gasteiger partial charge in [0.2, 0.25) is 5.91 Å². The Hall–Kier alpha value is -1.10. The number of amides is 1. The summed E-state index contributed by atoms with van der Waals surface area (Å²) in [6.45, 7) is 8.35. The quantitative estimate of drug-likeness (QED) is 0.849. The number of benzene rings is 1. The van der Waals surface area contributed by atoms with Crippen LogP contribution in [0.15, 0.2) is 18.2 Å². The van der Waals surface area contributed by atoms with Crippen LogP contribution in [0.5, 0.6) is 0 Å². The standard InChI is InChI=1S/C15H23ClN2O2/c1-10(2)18(8-12(4)19)9-15(20)17-14-7-13(16)6-5-11(14)3/h5-7,10,12,19H,8-9H2,1-4H3,(H,17,20). The van der Waals surface area contributed by atoms with Gasteiger partial charge in [-0.05, 0) is 45.4 Å². The molecule has 0 saturated heterocycles. The van der Waals surface area contributed by atoms with Crippen LogP contribution in [0, 0.1) is 6.92 Å². The summed E-state index contributed by atoms with van der Waals surface area (Å²) in [5.74, 6) is -0.107. The molecule has 1 atom stereocenters. The highest BCUT2D eigenvalue weighted by Crippen LogP contribution is 2.20. The Balaban J connectivity index is 2.68. The van der Waals surface area contributed by atoms with Crippen LogP contribution in [0.1, 0.15) is 26.3 Å². The molecule has 112 valence electrons. The third-order valence-electron chi connectivity index (χ3n) is 3.05. The van der Waals surface area contributed by atoms with Crippen LogP contribution >= 0.6 is 11.6 Å². The number of halogens is 1. The van der Waals surface area contributed by atoms with Crippen LogP contribution in [0.2, 0.25) is 5.02 Å². The summed E-state index contributed by atoms with van der Waals surface area (Å²) in [4.78, 5) is 14.0. The zero-order valence-electron chi connectivity index (χ0n) is 12.5. The fraction of sp³-hybridized carbons (Fsp3) is 0.533. The number of rotatable bonds is 6. The van der Waals surface area contributed by atoms with Gasteiger partial charge < -0.3 is 10.4 Å². The maximum absolute atomic E-state index is 12.1. The van der Waals surface area contributed by atoms with Crippen molar-refractivity contribution in [3.8, 4) is 0 Å². The average molecular weight is 299 g/mol. The van der Waals surface area contributed by atoms with Crippen molar-refractivity contribution in [2.24, 2.45) is 0 Å². The second kappa shape index (κ2) is 7.62. The van der Waals surface area contributed by atoms with Crippen LogP contribution in [-0.2, 0) is 4.79 Å². The van der Waals surface area contributed by atoms with Crippen molar-refractivity contribution in [3.63, 3.8) is 0 Å². The van der Waals surface area contributed by atoms with Crippen LogP contribution in [0.4, 0.5) is 5.69 Å². The maximum atomic E-state index is 12.1. The smallest absolute Gasteiger partial charge is 0.238 e. The molecule has 0 spiro atoms. The first kappa shape index (κ1) is 17.0. The van der Waals surface area contributed by atoms with Crippen molar-refractivity contribution in [2.75, 3.05) is 18.4 Å². The molecule has 0 fully saturated rings. The Morgan fingerprint density at radius 2 is 2.05 bits per heavy atom. The van der Waals surface area contributed by atoms with Crippen molar-refractivity contribution in [1.82, 2.24) is 4.90 Å². The highest BCUT2D eigenvalue weighted by molar-refractivity contribution is 6.31. The normalized spacial score (nSPS) is 12.8. The minimum atomic E-state index is -0.460. The third kappa shape index (κ3) is 5.49. The fourth-order valence-electron chi connectivity index (χ4n) is 1.90. The molecule has 1 rings (SSSR count). The first-order valence-electron chi connectivity index (χ1n) is 6.77. The predicted molar refractivity (Wildman–Crippen MR) is 83.2 cm³/mol. The van der Waals surface area contributed by atoms with Gasteiger partial charge in [0.05, 0.1) is 12.6 Å². The Morgan fingerprint density at radius 3 is 2.60 bits per heavy atom. The van der Waals surface area contributed by atoms with Gasteiger partial charge in [0.1, 0.15) is 0 Å². The Bertz CT molecular complexity index is 461. The highest BCUT2D eigenvalue weighted by atomic mass is 35.5. The van der Waals surface area contributed by atoms with Crippen molar-refractivity contribution in [2.45, 2.75) is 39.8 Å². The molecule has 2 N–H and O–H groups in total. The van der Waals surface area contributed by atoms with Gasteiger partial charge in [0, 0.05) is 23.3 Å². The fourth-order valence-corrected chi connectivity index (χ4v) is 2.07. The molecule has 0 saturated carbocycles. The van der Waals surface area contributed by atoms with E-state index in [1.165, 1.54) is 0 Å². The van der Waals surface area contributed by atoms with Gasteiger partial charge in [0.15, 0.2) is 0 Å². The second-order valence-corrected chi connectivity index (χ2v) is 5.82. The largest absolute Gasteiger partial charge is 0.392 e. The minimum absolute atomic E-state index is 0.107. The van der Waals surface area contributed by atoms with Crippen LogP contribution in [0.25, 0.3) is 0 Å². The summed E-state index contributed by atoms with van der Waals surface area (Å²) in [7, 11) is 0. The molecule has 0 aliphatic heterocycles. The lowest BCUT2D eigenvalue weighted by atomic mass is 10.2. The van der Waals surface area contributed by atoms with Crippen LogP contribution < -0.4 is 5.32 Å². The Labute approximate surface area is 125 Å². The molecule has 0 heterocycles. The molecule has 0 aromatic heterocycles. The predicted octanol–water partition coefficient (Wildman–Crippen LogP) is 2.68. The summed E-state index contributed by atoms with van der Waals surface area (Å²) in [6.07, 6.45) is -0.460. The molecule has 1 amide bonds. The van der Waals surface area contributed by atoms with Crippen LogP contribution in [-0.4, -0.2) is 41.1 Å². The number of carbonyl (C=O) groups is 1. The minimum Gasteiger partial charge on any atom is -0.392 e. The topological polar surface area (TPSA) is 52.6 Å². The molecule has 1 aromatic rings. The number of aliphatic hydroxyl groups is 1. The van der Waals surface area contributed by atoms with Crippen molar-refractivity contribution in [1.29, 1.82) is 0 Å². The zero-order chi connectivity index (χ0) is 15.3. The van der Waals surface area contributed by atoms with E-state index in [4.69, 9.17) is 11.6 Å². The van der Waals surface area contributed by atoms with Gasteiger partial charge >= 0.3 is 0 Å². The van der Waals surface area contributed by atoms with E-state index < -0.39 is 6.10 Å². The Morgan fingerprint density at radius 1 is 1.40 bits per heavy atom. The lowest BCUT2D eigenvalue weighted by molar-refractivity contribution is -0.118. The highest BCUT2D eigenvalue weighted by Gasteiger charge is 2.16. The Kier molecular flexibility index (Phi) is 6.46. The van der Waals surface area contributed by atoms with Gasteiger partial charge in [-0.1, -0.05) is 17.7 Å². The molecule has 0 aliphatic rings. The average Bonchev–Trinajstić information content (AvgIpc) is 2.32. The number of hydrogen-bond donors (Lipinski definition) is 2. The van der Waals surface area contributed by atoms with E-state index in [0.717, 1.165) is 11.3 Å². The number of nitrogens with zero attached hydrogens (tertiary/aromatic N) is 1. The summed E-state index contributed by atoms with van der Waals surface area (Å²) >= 11 is 5.93. The van der Waals surface area contributed by atoms with Crippen molar-refractivity contribution in [3.05, 3.63) is 28.8 Å². The van der Waals surface area contributed by atoms with E-state index >= 15 is 0 Å². The molecule has 5 heteroatoms. The molecule has 4 nitrogen and oxygen atoms in total.